The molecule has 0 aromatic heterocycles. The number of benzene rings is 1. The molecular weight excluding hydrogens is 266 g/mol. The zero-order valence-corrected chi connectivity index (χ0v) is 13.0. The number of methoxy groups -OCH3 is 1. The number of likely N-dealkylation sites (N-methyl/N-ethyl adjacent to an activating group) is 1. The molecule has 21 heavy (non-hydrogen) atoms. The van der Waals surface area contributed by atoms with E-state index in [4.69, 9.17) is 15.5 Å². The summed E-state index contributed by atoms with van der Waals surface area (Å²) in [4.78, 5) is 6.82. The van der Waals surface area contributed by atoms with E-state index in [-0.39, 0.29) is 6.04 Å². The summed E-state index contributed by atoms with van der Waals surface area (Å²) in [6, 6.07) is 5.71. The number of aliphatic imine (C=N–C) groups is 1. The molecule has 1 aromatic rings. The van der Waals surface area contributed by atoms with Crippen molar-refractivity contribution in [1.29, 1.82) is 0 Å². The number of nitrogens with zero attached hydrogens (tertiary/aromatic N) is 2. The minimum atomic E-state index is -0.478. The highest BCUT2D eigenvalue weighted by Gasteiger charge is 2.27. The number of aliphatic hydroxyl groups excluding tert-OH is 1. The van der Waals surface area contributed by atoms with Gasteiger partial charge in [-0.15, -0.1) is 0 Å². The van der Waals surface area contributed by atoms with Crippen LogP contribution in [0.2, 0.25) is 0 Å². The van der Waals surface area contributed by atoms with Crippen molar-refractivity contribution < 1.29 is 9.84 Å². The van der Waals surface area contributed by atoms with Gasteiger partial charge in [-0.05, 0) is 23.3 Å². The Labute approximate surface area is 126 Å². The van der Waals surface area contributed by atoms with Crippen LogP contribution < -0.4 is 5.73 Å². The van der Waals surface area contributed by atoms with Gasteiger partial charge in [-0.1, -0.05) is 13.0 Å². The molecule has 116 valence electrons. The van der Waals surface area contributed by atoms with Crippen LogP contribution in [0.5, 0.6) is 0 Å². The first-order chi connectivity index (χ1) is 10.1. The zero-order valence-electron chi connectivity index (χ0n) is 13.0. The van der Waals surface area contributed by atoms with E-state index >= 15 is 0 Å². The van der Waals surface area contributed by atoms with Gasteiger partial charge in [-0.3, -0.25) is 0 Å². The molecule has 2 rings (SSSR count). The van der Waals surface area contributed by atoms with Crippen LogP contribution in [0.25, 0.3) is 0 Å². The van der Waals surface area contributed by atoms with Gasteiger partial charge in [-0.25, -0.2) is 4.99 Å². The van der Waals surface area contributed by atoms with Gasteiger partial charge in [0.2, 0.25) is 0 Å². The highest BCUT2D eigenvalue weighted by molar-refractivity contribution is 5.84. The molecule has 0 spiro atoms. The van der Waals surface area contributed by atoms with Crippen molar-refractivity contribution in [2.75, 3.05) is 27.3 Å². The van der Waals surface area contributed by atoms with Gasteiger partial charge in [0.25, 0.3) is 0 Å². The summed E-state index contributed by atoms with van der Waals surface area (Å²) in [7, 11) is 3.72. The lowest BCUT2D eigenvalue weighted by Gasteiger charge is -2.20. The van der Waals surface area contributed by atoms with E-state index in [1.165, 1.54) is 0 Å². The molecule has 0 bridgehead atoms. The topological polar surface area (TPSA) is 71.1 Å². The highest BCUT2D eigenvalue weighted by atomic mass is 16.5. The lowest BCUT2D eigenvalue weighted by atomic mass is 10.1. The van der Waals surface area contributed by atoms with Crippen molar-refractivity contribution in [2.45, 2.75) is 31.9 Å². The Morgan fingerprint density at radius 3 is 2.95 bits per heavy atom. The third kappa shape index (κ3) is 3.61. The van der Waals surface area contributed by atoms with Crippen molar-refractivity contribution in [1.82, 2.24) is 4.90 Å². The average molecular weight is 291 g/mol. The first-order valence-electron chi connectivity index (χ1n) is 7.41. The van der Waals surface area contributed by atoms with E-state index in [1.54, 1.807) is 7.11 Å². The fourth-order valence-electron chi connectivity index (χ4n) is 2.65. The summed E-state index contributed by atoms with van der Waals surface area (Å²) in [6.07, 6.45) is 1.01. The van der Waals surface area contributed by atoms with Gasteiger partial charge in [0.15, 0.2) is 0 Å². The summed E-state index contributed by atoms with van der Waals surface area (Å²) in [5.74, 6) is 1.01. The van der Waals surface area contributed by atoms with Crippen LogP contribution in [0.1, 0.15) is 30.5 Å². The van der Waals surface area contributed by atoms with E-state index in [2.05, 4.69) is 11.8 Å². The van der Waals surface area contributed by atoms with Gasteiger partial charge in [-0.2, -0.15) is 0 Å². The Hall–Kier alpha value is -1.43. The van der Waals surface area contributed by atoms with Crippen LogP contribution in [0, 0.1) is 0 Å². The Morgan fingerprint density at radius 1 is 1.52 bits per heavy atom. The molecule has 0 amide bonds. The second-order valence-corrected chi connectivity index (χ2v) is 5.48. The maximum absolute atomic E-state index is 9.84. The molecule has 0 saturated heterocycles. The standard InChI is InChI=1S/C16H25N3O2/c1-4-15(19(2)7-8-21-3)18-12-6-5-11-9-14(20)16(17)13(11)10-12/h5-6,10,14,16,20H,4,7-9,17H2,1-3H3/t14-,16-/m1/s1. The lowest BCUT2D eigenvalue weighted by Crippen LogP contribution is -2.29. The molecular formula is C16H25N3O2. The molecule has 1 aliphatic rings. The fourth-order valence-corrected chi connectivity index (χ4v) is 2.65. The maximum atomic E-state index is 9.84. The normalized spacial score (nSPS) is 21.5. The molecule has 1 aliphatic carbocycles. The smallest absolute Gasteiger partial charge is 0.104 e. The number of aliphatic hydroxyl groups is 1. The second kappa shape index (κ2) is 7.02. The molecule has 2 atom stereocenters. The van der Waals surface area contributed by atoms with Gasteiger partial charge >= 0.3 is 0 Å². The SMILES string of the molecule is CCC(=Nc1ccc2c(c1)[C@@H](N)[C@H](O)C2)N(C)CCOC. The minimum Gasteiger partial charge on any atom is -0.391 e. The molecule has 0 heterocycles. The average Bonchev–Trinajstić information content (AvgIpc) is 2.77. The summed E-state index contributed by atoms with van der Waals surface area (Å²) < 4.78 is 5.10. The molecule has 0 fully saturated rings. The third-order valence-electron chi connectivity index (χ3n) is 3.98. The predicted molar refractivity (Wildman–Crippen MR) is 85.0 cm³/mol. The van der Waals surface area contributed by atoms with E-state index < -0.39 is 6.10 Å². The number of hydrogen-bond donors (Lipinski definition) is 2. The van der Waals surface area contributed by atoms with Gasteiger partial charge in [0.1, 0.15) is 5.84 Å². The minimum absolute atomic E-state index is 0.300. The number of ether oxygens (including phenoxy) is 1. The molecule has 3 N–H and O–H groups in total. The first kappa shape index (κ1) is 15.9. The Morgan fingerprint density at radius 2 is 2.29 bits per heavy atom. The molecule has 0 radical (unpaired) electrons. The van der Waals surface area contributed by atoms with Crippen molar-refractivity contribution in [3.8, 4) is 0 Å². The summed E-state index contributed by atoms with van der Waals surface area (Å²) in [5, 5.41) is 9.84. The molecule has 5 nitrogen and oxygen atoms in total. The van der Waals surface area contributed by atoms with E-state index in [1.807, 2.05) is 25.2 Å². The number of amidine groups is 1. The van der Waals surface area contributed by atoms with E-state index in [0.717, 1.165) is 35.6 Å². The van der Waals surface area contributed by atoms with Crippen LogP contribution in [0.4, 0.5) is 5.69 Å². The lowest BCUT2D eigenvalue weighted by molar-refractivity contribution is 0.158. The highest BCUT2D eigenvalue weighted by Crippen LogP contribution is 2.32. The maximum Gasteiger partial charge on any atom is 0.104 e. The van der Waals surface area contributed by atoms with Crippen molar-refractivity contribution in [2.24, 2.45) is 10.7 Å². The van der Waals surface area contributed by atoms with Crippen LogP contribution >= 0.6 is 0 Å². The number of rotatable bonds is 5. The Bertz CT molecular complexity index is 516. The van der Waals surface area contributed by atoms with Crippen LogP contribution in [-0.4, -0.2) is 49.3 Å². The molecule has 0 unspecified atom stereocenters. The van der Waals surface area contributed by atoms with Crippen LogP contribution in [-0.2, 0) is 11.2 Å². The molecule has 0 aliphatic heterocycles. The number of hydrogen-bond acceptors (Lipinski definition) is 4. The van der Waals surface area contributed by atoms with Crippen LogP contribution in [0.3, 0.4) is 0 Å². The monoisotopic (exact) mass is 291 g/mol. The fraction of sp³-hybridized carbons (Fsp3) is 0.562. The third-order valence-corrected chi connectivity index (χ3v) is 3.98. The second-order valence-electron chi connectivity index (χ2n) is 5.48. The van der Waals surface area contributed by atoms with Crippen molar-refractivity contribution in [3.05, 3.63) is 29.3 Å². The zero-order chi connectivity index (χ0) is 15.4. The number of nitrogens with two attached hydrogens (primary N) is 1. The van der Waals surface area contributed by atoms with Gasteiger partial charge < -0.3 is 20.5 Å². The largest absolute Gasteiger partial charge is 0.391 e. The number of fused-ring (bicyclic) bond motifs is 1. The van der Waals surface area contributed by atoms with Gasteiger partial charge in [0.05, 0.1) is 24.4 Å². The van der Waals surface area contributed by atoms with Gasteiger partial charge in [0, 0.05) is 33.5 Å². The summed E-state index contributed by atoms with van der Waals surface area (Å²) in [6.45, 7) is 3.58. The quantitative estimate of drug-likeness (QED) is 0.639. The van der Waals surface area contributed by atoms with Crippen molar-refractivity contribution in [3.63, 3.8) is 0 Å². The predicted octanol–water partition coefficient (Wildman–Crippen LogP) is 1.62. The van der Waals surface area contributed by atoms with Crippen LogP contribution in [0.15, 0.2) is 23.2 Å². The van der Waals surface area contributed by atoms with E-state index in [0.29, 0.717) is 13.0 Å². The molecule has 1 aromatic carbocycles. The van der Waals surface area contributed by atoms with E-state index in [9.17, 15) is 5.11 Å². The van der Waals surface area contributed by atoms with Crippen molar-refractivity contribution >= 4 is 11.5 Å². The first-order valence-corrected chi connectivity index (χ1v) is 7.41. The Kier molecular flexibility index (Phi) is 5.33. The summed E-state index contributed by atoms with van der Waals surface area (Å²) >= 11 is 0. The summed E-state index contributed by atoms with van der Waals surface area (Å²) in [5.41, 5.74) is 9.05. The molecule has 0 saturated carbocycles. The molecule has 5 heteroatoms. The Balaban J connectivity index is 2.20.